The number of anilines is 1. The van der Waals surface area contributed by atoms with Crippen molar-refractivity contribution >= 4 is 17.6 Å². The number of hydrogen-bond donors (Lipinski definition) is 2. The number of nitrogens with zero attached hydrogens (tertiary/aromatic N) is 3. The van der Waals surface area contributed by atoms with Crippen LogP contribution in [0.3, 0.4) is 0 Å². The number of guanidine groups is 1. The van der Waals surface area contributed by atoms with Crippen molar-refractivity contribution in [3.8, 4) is 0 Å². The molecule has 1 amide bonds. The molecule has 1 saturated heterocycles. The lowest BCUT2D eigenvalue weighted by atomic mass is 10.0. The van der Waals surface area contributed by atoms with Crippen molar-refractivity contribution in [2.24, 2.45) is 4.99 Å². The quantitative estimate of drug-likeness (QED) is 0.445. The number of carbonyl (C=O) groups excluding carboxylic acids is 1. The number of aryl methyl sites for hydroxylation is 1. The number of benzene rings is 1. The fourth-order valence-corrected chi connectivity index (χ4v) is 3.16. The van der Waals surface area contributed by atoms with E-state index in [9.17, 15) is 9.18 Å². The standard InChI is InChI=1S/C21H32FN5O/c1-15(2)12-23-21(24-13-20(28)26(4)5)25-18-7-6-10-27(14-18)19-9-8-17(22)11-16(19)3/h8-9,11,18H,1,6-7,10,12-14H2,2-5H3,(H2,23,24,25). The van der Waals surface area contributed by atoms with Gasteiger partial charge in [-0.15, -0.1) is 0 Å². The van der Waals surface area contributed by atoms with E-state index in [1.807, 2.05) is 19.9 Å². The van der Waals surface area contributed by atoms with Gasteiger partial charge in [0.2, 0.25) is 5.91 Å². The van der Waals surface area contributed by atoms with E-state index in [1.54, 1.807) is 20.2 Å². The van der Waals surface area contributed by atoms with E-state index in [0.29, 0.717) is 12.5 Å². The van der Waals surface area contributed by atoms with Gasteiger partial charge in [-0.05, 0) is 50.5 Å². The lowest BCUT2D eigenvalue weighted by Crippen LogP contribution is -2.51. The van der Waals surface area contributed by atoms with E-state index in [-0.39, 0.29) is 24.3 Å². The minimum absolute atomic E-state index is 0.0522. The second-order valence-corrected chi connectivity index (χ2v) is 7.62. The summed E-state index contributed by atoms with van der Waals surface area (Å²) in [4.78, 5) is 20.1. The van der Waals surface area contributed by atoms with Crippen molar-refractivity contribution < 1.29 is 9.18 Å². The molecule has 0 saturated carbocycles. The maximum atomic E-state index is 13.4. The van der Waals surface area contributed by atoms with Crippen molar-refractivity contribution in [2.45, 2.75) is 32.7 Å². The Morgan fingerprint density at radius 3 is 2.82 bits per heavy atom. The maximum absolute atomic E-state index is 13.4. The van der Waals surface area contributed by atoms with Crippen molar-refractivity contribution in [1.29, 1.82) is 0 Å². The molecule has 154 valence electrons. The number of piperidine rings is 1. The molecule has 1 fully saturated rings. The molecule has 1 aliphatic heterocycles. The zero-order valence-corrected chi connectivity index (χ0v) is 17.4. The van der Waals surface area contributed by atoms with Gasteiger partial charge in [-0.3, -0.25) is 4.79 Å². The number of aliphatic imine (C=N–C) groups is 1. The third-order valence-electron chi connectivity index (χ3n) is 4.69. The second-order valence-electron chi connectivity index (χ2n) is 7.62. The fourth-order valence-electron chi connectivity index (χ4n) is 3.16. The molecule has 1 unspecified atom stereocenters. The summed E-state index contributed by atoms with van der Waals surface area (Å²) in [6.07, 6.45) is 2.03. The molecule has 1 aromatic rings. The van der Waals surface area contributed by atoms with Gasteiger partial charge >= 0.3 is 0 Å². The van der Waals surface area contributed by atoms with E-state index < -0.39 is 0 Å². The monoisotopic (exact) mass is 389 g/mol. The van der Waals surface area contributed by atoms with Gasteiger partial charge in [0.05, 0.1) is 0 Å². The van der Waals surface area contributed by atoms with Crippen LogP contribution in [0, 0.1) is 12.7 Å². The Bertz CT molecular complexity index is 732. The first-order chi connectivity index (χ1) is 13.3. The molecule has 1 atom stereocenters. The zero-order chi connectivity index (χ0) is 20.7. The lowest BCUT2D eigenvalue weighted by Gasteiger charge is -2.36. The van der Waals surface area contributed by atoms with E-state index in [1.165, 1.54) is 11.0 Å². The SMILES string of the molecule is C=C(C)CNC(=NCC(=O)N(C)C)NC1CCCN(c2ccc(F)cc2C)C1. The summed E-state index contributed by atoms with van der Waals surface area (Å²) in [6, 6.07) is 5.11. The Kier molecular flexibility index (Phi) is 7.84. The summed E-state index contributed by atoms with van der Waals surface area (Å²) in [5.41, 5.74) is 2.98. The highest BCUT2D eigenvalue weighted by Gasteiger charge is 2.22. The summed E-state index contributed by atoms with van der Waals surface area (Å²) in [7, 11) is 3.44. The van der Waals surface area contributed by atoms with Crippen LogP contribution in [0.5, 0.6) is 0 Å². The van der Waals surface area contributed by atoms with Crippen LogP contribution in [0.2, 0.25) is 0 Å². The molecule has 1 aromatic carbocycles. The molecule has 6 nitrogen and oxygen atoms in total. The summed E-state index contributed by atoms with van der Waals surface area (Å²) in [6.45, 7) is 10.2. The molecule has 1 heterocycles. The molecule has 0 aromatic heterocycles. The van der Waals surface area contributed by atoms with Crippen LogP contribution < -0.4 is 15.5 Å². The number of amides is 1. The average Bonchev–Trinajstić information content (AvgIpc) is 2.63. The first kappa shape index (κ1) is 21.7. The van der Waals surface area contributed by atoms with Crippen molar-refractivity contribution in [3.05, 3.63) is 41.7 Å². The largest absolute Gasteiger partial charge is 0.369 e. The molecule has 0 aliphatic carbocycles. The van der Waals surface area contributed by atoms with Crippen LogP contribution in [0.25, 0.3) is 0 Å². The third-order valence-corrected chi connectivity index (χ3v) is 4.69. The molecule has 28 heavy (non-hydrogen) atoms. The van der Waals surface area contributed by atoms with E-state index in [2.05, 4.69) is 27.1 Å². The molecular weight excluding hydrogens is 357 g/mol. The third kappa shape index (κ3) is 6.55. The topological polar surface area (TPSA) is 60.0 Å². The number of carbonyl (C=O) groups is 1. The zero-order valence-electron chi connectivity index (χ0n) is 17.4. The molecular formula is C21H32FN5O. The Morgan fingerprint density at radius 1 is 1.43 bits per heavy atom. The number of halogens is 1. The normalized spacial score (nSPS) is 17.2. The summed E-state index contributed by atoms with van der Waals surface area (Å²) < 4.78 is 13.4. The highest BCUT2D eigenvalue weighted by atomic mass is 19.1. The van der Waals surface area contributed by atoms with Gasteiger partial charge in [-0.2, -0.15) is 0 Å². The smallest absolute Gasteiger partial charge is 0.243 e. The lowest BCUT2D eigenvalue weighted by molar-refractivity contribution is -0.127. The van der Waals surface area contributed by atoms with Crippen LogP contribution in [-0.2, 0) is 4.79 Å². The molecule has 1 aliphatic rings. The summed E-state index contributed by atoms with van der Waals surface area (Å²) >= 11 is 0. The predicted octanol–water partition coefficient (Wildman–Crippen LogP) is 2.30. The second kappa shape index (κ2) is 10.1. The van der Waals surface area contributed by atoms with Gasteiger partial charge in [0.25, 0.3) is 0 Å². The molecule has 0 bridgehead atoms. The van der Waals surface area contributed by atoms with Crippen LogP contribution in [0.15, 0.2) is 35.3 Å². The van der Waals surface area contributed by atoms with Crippen LogP contribution in [0.1, 0.15) is 25.3 Å². The Hall–Kier alpha value is -2.57. The van der Waals surface area contributed by atoms with Crippen molar-refractivity contribution in [2.75, 3.05) is 45.2 Å². The number of nitrogens with one attached hydrogen (secondary N) is 2. The van der Waals surface area contributed by atoms with Gasteiger partial charge in [0, 0.05) is 45.5 Å². The Labute approximate surface area is 167 Å². The highest BCUT2D eigenvalue weighted by molar-refractivity contribution is 5.85. The molecule has 0 spiro atoms. The first-order valence-electron chi connectivity index (χ1n) is 9.66. The average molecular weight is 390 g/mol. The van der Waals surface area contributed by atoms with E-state index >= 15 is 0 Å². The van der Waals surface area contributed by atoms with Crippen LogP contribution in [-0.4, -0.2) is 63.1 Å². The van der Waals surface area contributed by atoms with Crippen molar-refractivity contribution in [3.63, 3.8) is 0 Å². The summed E-state index contributed by atoms with van der Waals surface area (Å²) in [5.74, 6) is 0.349. The predicted molar refractivity (Wildman–Crippen MR) is 113 cm³/mol. The molecule has 7 heteroatoms. The fraction of sp³-hybridized carbons (Fsp3) is 0.524. The number of hydrogen-bond acceptors (Lipinski definition) is 3. The molecule has 0 radical (unpaired) electrons. The van der Waals surface area contributed by atoms with Gasteiger partial charge in [-0.25, -0.2) is 9.38 Å². The minimum Gasteiger partial charge on any atom is -0.369 e. The number of rotatable bonds is 6. The first-order valence-corrected chi connectivity index (χ1v) is 9.66. The Morgan fingerprint density at radius 2 is 2.18 bits per heavy atom. The van der Waals surface area contributed by atoms with E-state index in [4.69, 9.17) is 0 Å². The Balaban J connectivity index is 2.06. The maximum Gasteiger partial charge on any atom is 0.243 e. The van der Waals surface area contributed by atoms with Crippen molar-refractivity contribution in [1.82, 2.24) is 15.5 Å². The van der Waals surface area contributed by atoms with Gasteiger partial charge in [-0.1, -0.05) is 12.2 Å². The van der Waals surface area contributed by atoms with E-state index in [0.717, 1.165) is 42.8 Å². The molecule has 2 rings (SSSR count). The van der Waals surface area contributed by atoms with Crippen LogP contribution >= 0.6 is 0 Å². The van der Waals surface area contributed by atoms with Crippen LogP contribution in [0.4, 0.5) is 10.1 Å². The highest BCUT2D eigenvalue weighted by Crippen LogP contribution is 2.24. The number of likely N-dealkylation sites (N-methyl/N-ethyl adjacent to an activating group) is 1. The minimum atomic E-state index is -0.211. The van der Waals surface area contributed by atoms with Gasteiger partial charge < -0.3 is 20.4 Å². The molecule has 2 N–H and O–H groups in total. The van der Waals surface area contributed by atoms with Gasteiger partial charge in [0.1, 0.15) is 12.4 Å². The van der Waals surface area contributed by atoms with Gasteiger partial charge in [0.15, 0.2) is 5.96 Å². The summed E-state index contributed by atoms with van der Waals surface area (Å²) in [5, 5.41) is 6.68.